The third kappa shape index (κ3) is 4.69. The van der Waals surface area contributed by atoms with E-state index in [1.165, 1.54) is 12.5 Å². The fourth-order valence-electron chi connectivity index (χ4n) is 2.91. The number of hydrogen-bond acceptors (Lipinski definition) is 6. The predicted octanol–water partition coefficient (Wildman–Crippen LogP) is 4.57. The van der Waals surface area contributed by atoms with Crippen LogP contribution in [0.5, 0.6) is 0 Å². The van der Waals surface area contributed by atoms with Gasteiger partial charge in [-0.05, 0) is 42.0 Å². The van der Waals surface area contributed by atoms with E-state index in [1.807, 2.05) is 42.5 Å². The maximum atomic E-state index is 11.5. The number of sulfonamides is 1. The number of fused-ring (bicyclic) bond motifs is 1. The third-order valence-electron chi connectivity index (χ3n) is 4.10. The van der Waals surface area contributed by atoms with Gasteiger partial charge in [0, 0.05) is 27.3 Å². The number of nitrogens with zero attached hydrogens (tertiary/aromatic N) is 3. The molecule has 2 N–H and O–H groups in total. The second-order valence-corrected chi connectivity index (χ2v) is 9.09. The van der Waals surface area contributed by atoms with Crippen LogP contribution in [0.25, 0.3) is 22.0 Å². The third-order valence-corrected chi connectivity index (χ3v) is 5.20. The zero-order valence-corrected chi connectivity index (χ0v) is 17.7. The van der Waals surface area contributed by atoms with Gasteiger partial charge in [0.2, 0.25) is 10.0 Å². The minimum Gasteiger partial charge on any atom is -0.340 e. The van der Waals surface area contributed by atoms with Crippen molar-refractivity contribution in [2.45, 2.75) is 0 Å². The van der Waals surface area contributed by atoms with Crippen molar-refractivity contribution in [1.29, 1.82) is 0 Å². The molecule has 0 aliphatic rings. The first-order valence-electron chi connectivity index (χ1n) is 8.58. The van der Waals surface area contributed by atoms with Crippen molar-refractivity contribution < 1.29 is 8.42 Å². The molecule has 2 heterocycles. The number of halogens is 1. The maximum absolute atomic E-state index is 11.5. The highest BCUT2D eigenvalue weighted by molar-refractivity contribution is 9.10. The van der Waals surface area contributed by atoms with E-state index in [4.69, 9.17) is 0 Å². The molecule has 0 spiro atoms. The van der Waals surface area contributed by atoms with E-state index >= 15 is 0 Å². The minimum absolute atomic E-state index is 0.405. The average molecular weight is 470 g/mol. The van der Waals surface area contributed by atoms with E-state index in [9.17, 15) is 8.42 Å². The van der Waals surface area contributed by atoms with Gasteiger partial charge in [0.25, 0.3) is 0 Å². The number of anilines is 3. The molecule has 9 heteroatoms. The van der Waals surface area contributed by atoms with Gasteiger partial charge in [-0.2, -0.15) is 0 Å². The summed E-state index contributed by atoms with van der Waals surface area (Å²) in [4.78, 5) is 12.9. The molecule has 0 atom stereocenters. The van der Waals surface area contributed by atoms with Gasteiger partial charge in [0.15, 0.2) is 0 Å². The summed E-state index contributed by atoms with van der Waals surface area (Å²) in [6, 6.07) is 15.3. The van der Waals surface area contributed by atoms with Gasteiger partial charge < -0.3 is 5.32 Å². The summed E-state index contributed by atoms with van der Waals surface area (Å²) in [7, 11) is -3.38. The molecule has 4 aromatic rings. The second kappa shape index (κ2) is 7.76. The van der Waals surface area contributed by atoms with Crippen LogP contribution in [0.1, 0.15) is 0 Å². The zero-order chi connectivity index (χ0) is 20.4. The topological polar surface area (TPSA) is 96.9 Å². The van der Waals surface area contributed by atoms with E-state index in [0.29, 0.717) is 11.5 Å². The predicted molar refractivity (Wildman–Crippen MR) is 119 cm³/mol. The van der Waals surface area contributed by atoms with E-state index in [2.05, 4.69) is 40.9 Å². The summed E-state index contributed by atoms with van der Waals surface area (Å²) >= 11 is 3.47. The Morgan fingerprint density at radius 3 is 2.59 bits per heavy atom. The second-order valence-electron chi connectivity index (χ2n) is 6.43. The molecule has 0 saturated heterocycles. The molecule has 0 saturated carbocycles. The quantitative estimate of drug-likeness (QED) is 0.444. The largest absolute Gasteiger partial charge is 0.340 e. The van der Waals surface area contributed by atoms with Gasteiger partial charge in [-0.1, -0.05) is 28.1 Å². The molecule has 146 valence electrons. The van der Waals surface area contributed by atoms with Crippen molar-refractivity contribution in [2.75, 3.05) is 16.3 Å². The molecule has 0 radical (unpaired) electrons. The molecule has 0 unspecified atom stereocenters. The Bertz CT molecular complexity index is 1310. The van der Waals surface area contributed by atoms with Crippen molar-refractivity contribution in [3.8, 4) is 11.1 Å². The van der Waals surface area contributed by atoms with Gasteiger partial charge in [0.05, 0.1) is 23.7 Å². The van der Waals surface area contributed by atoms with Crippen molar-refractivity contribution in [3.05, 3.63) is 71.7 Å². The summed E-state index contributed by atoms with van der Waals surface area (Å²) in [6.45, 7) is 0. The van der Waals surface area contributed by atoms with Crippen LogP contribution in [0.2, 0.25) is 0 Å². The molecular formula is C20H16BrN5O2S. The van der Waals surface area contributed by atoms with Crippen molar-refractivity contribution in [3.63, 3.8) is 0 Å². The molecule has 29 heavy (non-hydrogen) atoms. The van der Waals surface area contributed by atoms with Crippen LogP contribution >= 0.6 is 15.9 Å². The van der Waals surface area contributed by atoms with Crippen LogP contribution in [0.4, 0.5) is 17.2 Å². The monoisotopic (exact) mass is 469 g/mol. The lowest BCUT2D eigenvalue weighted by Gasteiger charge is -2.11. The Balaban J connectivity index is 1.75. The number of benzene rings is 2. The standard InChI is InChI=1S/C20H16BrN5O2S/c1-29(27,28)26-17-7-14(10-22-11-17)13-5-6-19-18(8-13)20(24-12-23-19)25-16-4-2-3-15(21)9-16/h2-12,26H,1H3,(H,23,24,25). The van der Waals surface area contributed by atoms with E-state index in [1.54, 1.807) is 12.3 Å². The Morgan fingerprint density at radius 2 is 1.79 bits per heavy atom. The maximum Gasteiger partial charge on any atom is 0.229 e. The number of aromatic nitrogens is 3. The van der Waals surface area contributed by atoms with E-state index in [0.717, 1.165) is 38.4 Å². The van der Waals surface area contributed by atoms with Crippen molar-refractivity contribution >= 4 is 54.0 Å². The lowest BCUT2D eigenvalue weighted by molar-refractivity contribution is 0.607. The summed E-state index contributed by atoms with van der Waals surface area (Å²) in [5.74, 6) is 0.674. The van der Waals surface area contributed by atoms with Crippen LogP contribution in [-0.4, -0.2) is 29.6 Å². The number of pyridine rings is 1. The Morgan fingerprint density at radius 1 is 0.931 bits per heavy atom. The first kappa shape index (κ1) is 19.3. The lowest BCUT2D eigenvalue weighted by atomic mass is 10.0. The molecule has 0 aliphatic heterocycles. The van der Waals surface area contributed by atoms with Gasteiger partial charge in [-0.15, -0.1) is 0 Å². The van der Waals surface area contributed by atoms with Gasteiger partial charge in [-0.3, -0.25) is 9.71 Å². The minimum atomic E-state index is -3.38. The highest BCUT2D eigenvalue weighted by Crippen LogP contribution is 2.29. The SMILES string of the molecule is CS(=O)(=O)Nc1cncc(-c2ccc3ncnc(Nc4cccc(Br)c4)c3c2)c1. The number of rotatable bonds is 5. The Labute approximate surface area is 176 Å². The van der Waals surface area contributed by atoms with Crippen LogP contribution in [0.3, 0.4) is 0 Å². The normalized spacial score (nSPS) is 11.4. The summed E-state index contributed by atoms with van der Waals surface area (Å²) in [6.07, 6.45) is 5.77. The number of nitrogens with one attached hydrogen (secondary N) is 2. The molecule has 0 fully saturated rings. The van der Waals surface area contributed by atoms with Crippen molar-refractivity contribution in [1.82, 2.24) is 15.0 Å². The van der Waals surface area contributed by atoms with Crippen LogP contribution < -0.4 is 10.0 Å². The molecular weight excluding hydrogens is 454 g/mol. The fraction of sp³-hybridized carbons (Fsp3) is 0.0500. The lowest BCUT2D eigenvalue weighted by Crippen LogP contribution is -2.09. The Hall–Kier alpha value is -3.04. The molecule has 7 nitrogen and oxygen atoms in total. The van der Waals surface area contributed by atoms with E-state index in [-0.39, 0.29) is 0 Å². The van der Waals surface area contributed by atoms with Gasteiger partial charge >= 0.3 is 0 Å². The molecule has 2 aromatic heterocycles. The molecule has 4 rings (SSSR count). The first-order valence-corrected chi connectivity index (χ1v) is 11.3. The number of hydrogen-bond donors (Lipinski definition) is 2. The molecule has 0 aliphatic carbocycles. The van der Waals surface area contributed by atoms with Crippen LogP contribution in [-0.2, 0) is 10.0 Å². The summed E-state index contributed by atoms with van der Waals surface area (Å²) < 4.78 is 26.4. The van der Waals surface area contributed by atoms with E-state index < -0.39 is 10.0 Å². The van der Waals surface area contributed by atoms with Crippen LogP contribution in [0.15, 0.2) is 71.7 Å². The van der Waals surface area contributed by atoms with Gasteiger partial charge in [-0.25, -0.2) is 18.4 Å². The zero-order valence-electron chi connectivity index (χ0n) is 15.3. The van der Waals surface area contributed by atoms with Gasteiger partial charge in [0.1, 0.15) is 12.1 Å². The molecule has 0 bridgehead atoms. The first-order chi connectivity index (χ1) is 13.9. The Kier molecular flexibility index (Phi) is 5.16. The van der Waals surface area contributed by atoms with Crippen molar-refractivity contribution in [2.24, 2.45) is 0 Å². The fourth-order valence-corrected chi connectivity index (χ4v) is 3.85. The van der Waals surface area contributed by atoms with Crippen LogP contribution in [0, 0.1) is 0 Å². The summed E-state index contributed by atoms with van der Waals surface area (Å²) in [5, 5.41) is 4.16. The highest BCUT2D eigenvalue weighted by atomic mass is 79.9. The highest BCUT2D eigenvalue weighted by Gasteiger charge is 2.09. The smallest absolute Gasteiger partial charge is 0.229 e. The average Bonchev–Trinajstić information content (AvgIpc) is 2.67. The summed E-state index contributed by atoms with van der Waals surface area (Å²) in [5.41, 5.74) is 3.74. The molecule has 0 amide bonds. The molecule has 2 aromatic carbocycles.